The molecule has 1 amide bonds. The predicted molar refractivity (Wildman–Crippen MR) is 67.4 cm³/mol. The van der Waals surface area contributed by atoms with Crippen LogP contribution >= 0.6 is 0 Å². The van der Waals surface area contributed by atoms with Crippen LogP contribution in [0, 0.1) is 0 Å². The molecule has 0 spiro atoms. The largest absolute Gasteiger partial charge is 0.413 e. The lowest BCUT2D eigenvalue weighted by atomic mass is 10.1. The highest BCUT2D eigenvalue weighted by molar-refractivity contribution is 5.69. The molecule has 1 heterocycles. The van der Waals surface area contributed by atoms with Crippen LogP contribution in [0.4, 0.5) is 4.79 Å². The Balaban J connectivity index is 2.64. The molecule has 1 atom stereocenters. The van der Waals surface area contributed by atoms with Gasteiger partial charge in [-0.25, -0.2) is 4.79 Å². The van der Waals surface area contributed by atoms with E-state index in [1.165, 1.54) is 0 Å². The van der Waals surface area contributed by atoms with E-state index >= 15 is 0 Å². The van der Waals surface area contributed by atoms with Crippen LogP contribution in [0.2, 0.25) is 0 Å². The summed E-state index contributed by atoms with van der Waals surface area (Å²) in [6.07, 6.45) is -0.100. The molecule has 1 aliphatic heterocycles. The molecule has 1 aliphatic rings. The van der Waals surface area contributed by atoms with E-state index in [4.69, 9.17) is 14.9 Å². The molecule has 0 radical (unpaired) electrons. The number of ether oxygens (including phenoxy) is 1. The zero-order valence-electron chi connectivity index (χ0n) is 11.7. The van der Waals surface area contributed by atoms with Gasteiger partial charge < -0.3 is 25.5 Å². The van der Waals surface area contributed by atoms with Crippen LogP contribution in [0.15, 0.2) is 11.8 Å². The van der Waals surface area contributed by atoms with Crippen LogP contribution in [-0.4, -0.2) is 56.9 Å². The minimum absolute atomic E-state index is 0.102. The number of hydrogen-bond acceptors (Lipinski definition) is 6. The van der Waals surface area contributed by atoms with Gasteiger partial charge in [0.2, 0.25) is 0 Å². The second-order valence-corrected chi connectivity index (χ2v) is 5.64. The van der Waals surface area contributed by atoms with Crippen LogP contribution in [0.5, 0.6) is 0 Å². The molecule has 0 saturated carbocycles. The van der Waals surface area contributed by atoms with Gasteiger partial charge >= 0.3 is 6.09 Å². The second kappa shape index (κ2) is 5.46. The van der Waals surface area contributed by atoms with Crippen molar-refractivity contribution in [3.8, 4) is 0 Å². The molecule has 0 aromatic rings. The van der Waals surface area contributed by atoms with Gasteiger partial charge in [0.15, 0.2) is 0 Å². The van der Waals surface area contributed by atoms with Gasteiger partial charge in [-0.05, 0) is 33.8 Å². The third-order valence-electron chi connectivity index (χ3n) is 3.06. The van der Waals surface area contributed by atoms with E-state index in [9.17, 15) is 10.0 Å². The van der Waals surface area contributed by atoms with Gasteiger partial charge in [0.05, 0.1) is 23.8 Å². The van der Waals surface area contributed by atoms with Crippen LogP contribution in [-0.2, 0) is 4.74 Å². The number of hydroxylamine groups is 2. The van der Waals surface area contributed by atoms with Crippen molar-refractivity contribution in [2.24, 2.45) is 0 Å². The molecule has 0 saturated heterocycles. The summed E-state index contributed by atoms with van der Waals surface area (Å²) in [7, 11) is 0. The molecule has 0 bridgehead atoms. The SMILES string of the molecule is CC1(C)C=C(OC(=O)NCC(O)CO)C(C)(C)N1O. The molecule has 4 N–H and O–H groups in total. The van der Waals surface area contributed by atoms with Crippen molar-refractivity contribution in [2.45, 2.75) is 44.9 Å². The summed E-state index contributed by atoms with van der Waals surface area (Å²) < 4.78 is 5.14. The fourth-order valence-electron chi connectivity index (χ4n) is 1.94. The summed E-state index contributed by atoms with van der Waals surface area (Å²) in [5.74, 6) is 0.330. The molecule has 0 aromatic carbocycles. The van der Waals surface area contributed by atoms with Gasteiger partial charge in [-0.15, -0.1) is 0 Å². The Morgan fingerprint density at radius 1 is 1.47 bits per heavy atom. The summed E-state index contributed by atoms with van der Waals surface area (Å²) in [6.45, 7) is 6.49. The van der Waals surface area contributed by atoms with E-state index in [-0.39, 0.29) is 6.54 Å². The van der Waals surface area contributed by atoms with E-state index in [1.54, 1.807) is 33.8 Å². The monoisotopic (exact) mass is 274 g/mol. The van der Waals surface area contributed by atoms with Crippen molar-refractivity contribution in [3.63, 3.8) is 0 Å². The first kappa shape index (κ1) is 15.9. The third kappa shape index (κ3) is 3.44. The van der Waals surface area contributed by atoms with Crippen molar-refractivity contribution < 1.29 is 25.0 Å². The van der Waals surface area contributed by atoms with Crippen molar-refractivity contribution in [1.29, 1.82) is 0 Å². The topological polar surface area (TPSA) is 102 Å². The average molecular weight is 274 g/mol. The first-order valence-electron chi connectivity index (χ1n) is 6.08. The van der Waals surface area contributed by atoms with Gasteiger partial charge in [0.25, 0.3) is 0 Å². The second-order valence-electron chi connectivity index (χ2n) is 5.64. The Kier molecular flexibility index (Phi) is 4.57. The molecule has 0 aromatic heterocycles. The quantitative estimate of drug-likeness (QED) is 0.584. The number of aliphatic hydroxyl groups excluding tert-OH is 2. The van der Waals surface area contributed by atoms with Crippen molar-refractivity contribution >= 4 is 6.09 Å². The highest BCUT2D eigenvalue weighted by Gasteiger charge is 2.47. The number of hydrogen-bond donors (Lipinski definition) is 4. The number of aliphatic hydroxyl groups is 2. The maximum Gasteiger partial charge on any atom is 0.412 e. The van der Waals surface area contributed by atoms with E-state index < -0.39 is 29.9 Å². The van der Waals surface area contributed by atoms with Crippen LogP contribution in [0.1, 0.15) is 27.7 Å². The summed E-state index contributed by atoms with van der Waals surface area (Å²) in [4.78, 5) is 11.6. The van der Waals surface area contributed by atoms with Gasteiger partial charge in [-0.2, -0.15) is 5.06 Å². The predicted octanol–water partition coefficient (Wildman–Crippen LogP) is 0.212. The Labute approximate surface area is 112 Å². The molecule has 110 valence electrons. The first-order chi connectivity index (χ1) is 8.61. The normalized spacial score (nSPS) is 22.8. The van der Waals surface area contributed by atoms with Crippen LogP contribution < -0.4 is 5.32 Å². The Morgan fingerprint density at radius 3 is 2.47 bits per heavy atom. The first-order valence-corrected chi connectivity index (χ1v) is 6.08. The lowest BCUT2D eigenvalue weighted by molar-refractivity contribution is -0.190. The molecule has 1 rings (SSSR count). The molecule has 7 nitrogen and oxygen atoms in total. The maximum atomic E-state index is 11.6. The number of carbonyl (C=O) groups is 1. The number of nitrogens with one attached hydrogen (secondary N) is 1. The molecule has 0 fully saturated rings. The number of rotatable bonds is 4. The molecular formula is C12H22N2O5. The Bertz CT molecular complexity index is 378. The van der Waals surface area contributed by atoms with E-state index in [1.807, 2.05) is 0 Å². The number of amides is 1. The zero-order chi connectivity index (χ0) is 14.8. The molecule has 1 unspecified atom stereocenters. The van der Waals surface area contributed by atoms with E-state index in [2.05, 4.69) is 5.32 Å². The molecular weight excluding hydrogens is 252 g/mol. The minimum Gasteiger partial charge on any atom is -0.413 e. The number of carbonyl (C=O) groups excluding carboxylic acids is 1. The minimum atomic E-state index is -1.02. The molecule has 19 heavy (non-hydrogen) atoms. The lowest BCUT2D eigenvalue weighted by Gasteiger charge is -2.35. The summed E-state index contributed by atoms with van der Waals surface area (Å²) in [6, 6.07) is 0. The highest BCUT2D eigenvalue weighted by Crippen LogP contribution is 2.38. The van der Waals surface area contributed by atoms with Gasteiger partial charge in [-0.3, -0.25) is 0 Å². The summed E-state index contributed by atoms with van der Waals surface area (Å²) in [5, 5.41) is 31.2. The van der Waals surface area contributed by atoms with Gasteiger partial charge in [0.1, 0.15) is 5.76 Å². The maximum absolute atomic E-state index is 11.6. The smallest absolute Gasteiger partial charge is 0.412 e. The number of alkyl carbamates (subject to hydrolysis) is 1. The third-order valence-corrected chi connectivity index (χ3v) is 3.06. The highest BCUT2D eigenvalue weighted by atomic mass is 16.6. The Hall–Kier alpha value is -1.15. The van der Waals surface area contributed by atoms with Crippen molar-refractivity contribution in [3.05, 3.63) is 11.8 Å². The van der Waals surface area contributed by atoms with E-state index in [0.717, 1.165) is 5.06 Å². The standard InChI is InChI=1S/C12H22N2O5/c1-11(2)5-9(12(3,4)14(11)18)19-10(17)13-6-8(16)7-15/h5,8,15-16,18H,6-7H2,1-4H3,(H,13,17). The average Bonchev–Trinajstić information content (AvgIpc) is 2.47. The van der Waals surface area contributed by atoms with Gasteiger partial charge in [-0.1, -0.05) is 0 Å². The van der Waals surface area contributed by atoms with E-state index in [0.29, 0.717) is 5.76 Å². The fourth-order valence-corrected chi connectivity index (χ4v) is 1.94. The number of nitrogens with zero attached hydrogens (tertiary/aromatic N) is 1. The van der Waals surface area contributed by atoms with Crippen LogP contribution in [0.3, 0.4) is 0 Å². The van der Waals surface area contributed by atoms with Crippen molar-refractivity contribution in [1.82, 2.24) is 10.4 Å². The summed E-state index contributed by atoms with van der Waals surface area (Å²) in [5.41, 5.74) is -1.46. The van der Waals surface area contributed by atoms with Crippen LogP contribution in [0.25, 0.3) is 0 Å². The summed E-state index contributed by atoms with van der Waals surface area (Å²) >= 11 is 0. The zero-order valence-corrected chi connectivity index (χ0v) is 11.7. The lowest BCUT2D eigenvalue weighted by Crippen LogP contribution is -2.48. The molecule has 0 aliphatic carbocycles. The van der Waals surface area contributed by atoms with Gasteiger partial charge in [0, 0.05) is 6.54 Å². The molecule has 7 heteroatoms. The Morgan fingerprint density at radius 2 is 2.05 bits per heavy atom. The fraction of sp³-hybridized carbons (Fsp3) is 0.750. The van der Waals surface area contributed by atoms with Crippen molar-refractivity contribution in [2.75, 3.05) is 13.2 Å².